The van der Waals surface area contributed by atoms with Crippen molar-refractivity contribution in [3.8, 4) is 0 Å². The molecular formula is C15H27N3O. The van der Waals surface area contributed by atoms with E-state index in [-0.39, 0.29) is 11.9 Å². The molecule has 0 bridgehead atoms. The highest BCUT2D eigenvalue weighted by molar-refractivity contribution is 5.82. The molecule has 0 aromatic rings. The van der Waals surface area contributed by atoms with Crippen LogP contribution in [0.1, 0.15) is 38.5 Å². The van der Waals surface area contributed by atoms with Crippen LogP contribution in [-0.4, -0.2) is 49.6 Å². The fourth-order valence-electron chi connectivity index (χ4n) is 4.10. The summed E-state index contributed by atoms with van der Waals surface area (Å²) in [5, 5.41) is 6.56. The second kappa shape index (κ2) is 6.23. The SMILES string of the molecule is O=C(NCCN1CCCCC1)C1NCC2CCCC21. The van der Waals surface area contributed by atoms with Crippen LogP contribution in [0.2, 0.25) is 0 Å². The van der Waals surface area contributed by atoms with E-state index >= 15 is 0 Å². The van der Waals surface area contributed by atoms with Crippen molar-refractivity contribution in [3.63, 3.8) is 0 Å². The van der Waals surface area contributed by atoms with Gasteiger partial charge in [-0.1, -0.05) is 12.8 Å². The van der Waals surface area contributed by atoms with Crippen LogP contribution >= 0.6 is 0 Å². The lowest BCUT2D eigenvalue weighted by Gasteiger charge is -2.26. The second-order valence-electron chi connectivity index (χ2n) is 6.43. The number of nitrogens with zero attached hydrogens (tertiary/aromatic N) is 1. The molecule has 2 N–H and O–H groups in total. The second-order valence-corrected chi connectivity index (χ2v) is 6.43. The molecule has 2 aliphatic heterocycles. The Kier molecular flexibility index (Phi) is 4.38. The van der Waals surface area contributed by atoms with Crippen molar-refractivity contribution in [1.29, 1.82) is 0 Å². The molecule has 4 nitrogen and oxygen atoms in total. The third-order valence-electron chi connectivity index (χ3n) is 5.20. The minimum Gasteiger partial charge on any atom is -0.353 e. The van der Waals surface area contributed by atoms with Crippen molar-refractivity contribution >= 4 is 5.91 Å². The topological polar surface area (TPSA) is 44.4 Å². The Morgan fingerprint density at radius 3 is 2.84 bits per heavy atom. The van der Waals surface area contributed by atoms with Crippen molar-refractivity contribution in [1.82, 2.24) is 15.5 Å². The van der Waals surface area contributed by atoms with Gasteiger partial charge < -0.3 is 15.5 Å². The third kappa shape index (κ3) is 3.11. The van der Waals surface area contributed by atoms with Gasteiger partial charge in [0.05, 0.1) is 6.04 Å². The molecule has 2 saturated heterocycles. The van der Waals surface area contributed by atoms with Crippen LogP contribution in [-0.2, 0) is 4.79 Å². The van der Waals surface area contributed by atoms with Gasteiger partial charge in [0.2, 0.25) is 5.91 Å². The van der Waals surface area contributed by atoms with E-state index in [1.807, 2.05) is 0 Å². The Morgan fingerprint density at radius 1 is 1.16 bits per heavy atom. The number of nitrogens with one attached hydrogen (secondary N) is 2. The van der Waals surface area contributed by atoms with Gasteiger partial charge in [-0.2, -0.15) is 0 Å². The van der Waals surface area contributed by atoms with E-state index in [1.165, 1.54) is 51.6 Å². The summed E-state index contributed by atoms with van der Waals surface area (Å²) in [6.07, 6.45) is 7.88. The van der Waals surface area contributed by atoms with Crippen molar-refractivity contribution in [3.05, 3.63) is 0 Å². The highest BCUT2D eigenvalue weighted by Gasteiger charge is 2.42. The number of hydrogen-bond acceptors (Lipinski definition) is 3. The number of hydrogen-bond donors (Lipinski definition) is 2. The summed E-state index contributed by atoms with van der Waals surface area (Å²) in [7, 11) is 0. The summed E-state index contributed by atoms with van der Waals surface area (Å²) in [6.45, 7) is 5.31. The summed E-state index contributed by atoms with van der Waals surface area (Å²) in [4.78, 5) is 14.7. The monoisotopic (exact) mass is 265 g/mol. The summed E-state index contributed by atoms with van der Waals surface area (Å²) < 4.78 is 0. The molecule has 1 aliphatic carbocycles. The summed E-state index contributed by atoms with van der Waals surface area (Å²) >= 11 is 0. The number of carbonyl (C=O) groups excluding carboxylic acids is 1. The lowest BCUT2D eigenvalue weighted by Crippen LogP contribution is -2.46. The lowest BCUT2D eigenvalue weighted by molar-refractivity contribution is -0.123. The Labute approximate surface area is 116 Å². The molecule has 1 amide bonds. The Hall–Kier alpha value is -0.610. The van der Waals surface area contributed by atoms with Crippen LogP contribution in [0, 0.1) is 11.8 Å². The van der Waals surface area contributed by atoms with Gasteiger partial charge in [0.15, 0.2) is 0 Å². The minimum atomic E-state index is 0.0915. The van der Waals surface area contributed by atoms with Crippen LogP contribution < -0.4 is 10.6 Å². The number of amides is 1. The molecule has 108 valence electrons. The predicted octanol–water partition coefficient (Wildman–Crippen LogP) is 0.977. The molecule has 0 radical (unpaired) electrons. The average Bonchev–Trinajstić information content (AvgIpc) is 3.02. The van der Waals surface area contributed by atoms with Gasteiger partial charge >= 0.3 is 0 Å². The van der Waals surface area contributed by atoms with Gasteiger partial charge in [-0.3, -0.25) is 4.79 Å². The molecule has 3 fully saturated rings. The average molecular weight is 265 g/mol. The third-order valence-corrected chi connectivity index (χ3v) is 5.20. The number of fused-ring (bicyclic) bond motifs is 1. The van der Waals surface area contributed by atoms with Gasteiger partial charge in [0.1, 0.15) is 0 Å². The zero-order chi connectivity index (χ0) is 13.1. The molecule has 4 heteroatoms. The lowest BCUT2D eigenvalue weighted by atomic mass is 9.94. The zero-order valence-corrected chi connectivity index (χ0v) is 11.9. The summed E-state index contributed by atoms with van der Waals surface area (Å²) in [5.41, 5.74) is 0. The molecule has 19 heavy (non-hydrogen) atoms. The molecule has 3 rings (SSSR count). The van der Waals surface area contributed by atoms with Crippen molar-refractivity contribution in [2.24, 2.45) is 11.8 Å². The zero-order valence-electron chi connectivity index (χ0n) is 11.9. The first kappa shape index (κ1) is 13.4. The van der Waals surface area contributed by atoms with Gasteiger partial charge in [-0.15, -0.1) is 0 Å². The van der Waals surface area contributed by atoms with Gasteiger partial charge in [0, 0.05) is 13.1 Å². The highest BCUT2D eigenvalue weighted by atomic mass is 16.2. The van der Waals surface area contributed by atoms with Crippen LogP contribution in [0.5, 0.6) is 0 Å². The smallest absolute Gasteiger partial charge is 0.237 e. The Morgan fingerprint density at radius 2 is 2.00 bits per heavy atom. The standard InChI is InChI=1S/C15H27N3O/c19-15(14-13-6-4-5-12(13)11-17-14)16-7-10-18-8-2-1-3-9-18/h12-14,17H,1-11H2,(H,16,19). The normalized spacial score (nSPS) is 35.3. The van der Waals surface area contributed by atoms with Crippen LogP contribution in [0.4, 0.5) is 0 Å². The maximum absolute atomic E-state index is 12.2. The molecular weight excluding hydrogens is 238 g/mol. The van der Waals surface area contributed by atoms with Crippen LogP contribution in [0.25, 0.3) is 0 Å². The molecule has 3 atom stereocenters. The first-order valence-electron chi connectivity index (χ1n) is 8.08. The molecule has 1 saturated carbocycles. The Balaban J connectivity index is 1.39. The van der Waals surface area contributed by atoms with Crippen LogP contribution in [0.15, 0.2) is 0 Å². The molecule has 3 unspecified atom stereocenters. The molecule has 0 aromatic heterocycles. The van der Waals surface area contributed by atoms with Crippen molar-refractivity contribution in [2.75, 3.05) is 32.7 Å². The fraction of sp³-hybridized carbons (Fsp3) is 0.933. The van der Waals surface area contributed by atoms with E-state index in [9.17, 15) is 4.79 Å². The molecule has 0 aromatic carbocycles. The van der Waals surface area contributed by atoms with Crippen molar-refractivity contribution < 1.29 is 4.79 Å². The molecule has 2 heterocycles. The quantitative estimate of drug-likeness (QED) is 0.796. The van der Waals surface area contributed by atoms with Gasteiger partial charge in [-0.05, 0) is 57.2 Å². The fourth-order valence-corrected chi connectivity index (χ4v) is 4.10. The van der Waals surface area contributed by atoms with Crippen molar-refractivity contribution in [2.45, 2.75) is 44.6 Å². The predicted molar refractivity (Wildman–Crippen MR) is 75.9 cm³/mol. The first-order chi connectivity index (χ1) is 9.34. The number of likely N-dealkylation sites (tertiary alicyclic amines) is 1. The highest BCUT2D eigenvalue weighted by Crippen LogP contribution is 2.37. The van der Waals surface area contributed by atoms with E-state index in [0.29, 0.717) is 5.92 Å². The van der Waals surface area contributed by atoms with E-state index < -0.39 is 0 Å². The Bertz CT molecular complexity index is 315. The largest absolute Gasteiger partial charge is 0.353 e. The van der Waals surface area contributed by atoms with Gasteiger partial charge in [-0.25, -0.2) is 0 Å². The van der Waals surface area contributed by atoms with E-state index in [1.54, 1.807) is 0 Å². The van der Waals surface area contributed by atoms with Crippen LogP contribution in [0.3, 0.4) is 0 Å². The first-order valence-corrected chi connectivity index (χ1v) is 8.08. The summed E-state index contributed by atoms with van der Waals surface area (Å²) in [6, 6.07) is 0.0915. The van der Waals surface area contributed by atoms with E-state index in [0.717, 1.165) is 25.6 Å². The van der Waals surface area contributed by atoms with Gasteiger partial charge in [0.25, 0.3) is 0 Å². The van der Waals surface area contributed by atoms with E-state index in [4.69, 9.17) is 0 Å². The number of rotatable bonds is 4. The number of carbonyl (C=O) groups is 1. The number of piperidine rings is 1. The maximum Gasteiger partial charge on any atom is 0.237 e. The van der Waals surface area contributed by atoms with E-state index in [2.05, 4.69) is 15.5 Å². The minimum absolute atomic E-state index is 0.0915. The molecule has 0 spiro atoms. The summed E-state index contributed by atoms with van der Waals surface area (Å²) in [5.74, 6) is 1.61. The molecule has 3 aliphatic rings. The maximum atomic E-state index is 12.2.